The third-order valence-corrected chi connectivity index (χ3v) is 6.09. The van der Waals surface area contributed by atoms with Crippen molar-refractivity contribution in [1.29, 1.82) is 0 Å². The van der Waals surface area contributed by atoms with E-state index >= 15 is 0 Å². The summed E-state index contributed by atoms with van der Waals surface area (Å²) in [6.45, 7) is 5.41. The Morgan fingerprint density at radius 1 is 1.17 bits per heavy atom. The summed E-state index contributed by atoms with van der Waals surface area (Å²) in [5, 5.41) is 14.6. The van der Waals surface area contributed by atoms with Crippen LogP contribution in [0.4, 0.5) is 4.79 Å². The second kappa shape index (κ2) is 10.8. The minimum atomic E-state index is -1.07. The van der Waals surface area contributed by atoms with E-state index in [-0.39, 0.29) is 18.4 Å². The lowest BCUT2D eigenvalue weighted by Crippen LogP contribution is -2.69. The maximum atomic E-state index is 12.9. The molecule has 3 atom stereocenters. The molecule has 0 radical (unpaired) electrons. The maximum absolute atomic E-state index is 12.9. The molecule has 2 aliphatic rings. The van der Waals surface area contributed by atoms with Crippen LogP contribution in [-0.2, 0) is 14.3 Å². The fourth-order valence-corrected chi connectivity index (χ4v) is 3.87. The van der Waals surface area contributed by atoms with E-state index in [0.29, 0.717) is 24.0 Å². The predicted molar refractivity (Wildman–Crippen MR) is 129 cm³/mol. The first-order chi connectivity index (χ1) is 16.6. The summed E-state index contributed by atoms with van der Waals surface area (Å²) in [5.74, 6) is 10.9. The zero-order valence-corrected chi connectivity index (χ0v) is 20.6. The predicted octanol–water partition coefficient (Wildman–Crippen LogP) is 2.39. The van der Waals surface area contributed by atoms with E-state index in [2.05, 4.69) is 34.3 Å². The van der Waals surface area contributed by atoms with E-state index in [0.717, 1.165) is 12.8 Å². The van der Waals surface area contributed by atoms with Crippen molar-refractivity contribution in [1.82, 2.24) is 10.6 Å². The van der Waals surface area contributed by atoms with Crippen LogP contribution in [0.25, 0.3) is 0 Å². The van der Waals surface area contributed by atoms with Crippen molar-refractivity contribution in [3.8, 4) is 23.7 Å². The second-order valence-corrected chi connectivity index (χ2v) is 9.95. The van der Waals surface area contributed by atoms with Gasteiger partial charge < -0.3 is 25.2 Å². The molecule has 2 fully saturated rings. The molecule has 0 spiro atoms. The fraction of sp³-hybridized carbons (Fsp3) is 0.519. The van der Waals surface area contributed by atoms with Gasteiger partial charge in [-0.3, -0.25) is 4.79 Å². The third kappa shape index (κ3) is 7.00. The number of ether oxygens (including phenoxy) is 2. The van der Waals surface area contributed by atoms with E-state index in [1.807, 2.05) is 0 Å². The van der Waals surface area contributed by atoms with Crippen LogP contribution >= 0.6 is 0 Å². The molecule has 35 heavy (non-hydrogen) atoms. The zero-order valence-electron chi connectivity index (χ0n) is 20.6. The number of carbonyl (C=O) groups is 3. The molecule has 186 valence electrons. The van der Waals surface area contributed by atoms with Crippen molar-refractivity contribution in [3.05, 3.63) is 35.4 Å². The minimum Gasteiger partial charge on any atom is -0.467 e. The molecule has 8 heteroatoms. The average Bonchev–Trinajstić information content (AvgIpc) is 3.55. The number of rotatable bonds is 6. The Hall–Kier alpha value is -3.49. The minimum absolute atomic E-state index is 0.158. The van der Waals surface area contributed by atoms with Gasteiger partial charge in [-0.2, -0.15) is 0 Å². The average molecular weight is 481 g/mol. The van der Waals surface area contributed by atoms with E-state index in [1.165, 1.54) is 7.11 Å². The van der Waals surface area contributed by atoms with Gasteiger partial charge in [-0.15, -0.1) is 0 Å². The molecule has 1 aromatic carbocycles. The number of hydrogen-bond donors (Lipinski definition) is 3. The lowest BCUT2D eigenvalue weighted by atomic mass is 9.71. The number of esters is 1. The molecule has 0 bridgehead atoms. The summed E-state index contributed by atoms with van der Waals surface area (Å²) in [6, 6.07) is 5.54. The second-order valence-electron chi connectivity index (χ2n) is 9.95. The van der Waals surface area contributed by atoms with Gasteiger partial charge in [0.1, 0.15) is 5.60 Å². The lowest BCUT2D eigenvalue weighted by molar-refractivity contribution is -0.146. The van der Waals surface area contributed by atoms with Crippen LogP contribution in [0.1, 0.15) is 62.4 Å². The highest BCUT2D eigenvalue weighted by Gasteiger charge is 2.51. The highest BCUT2D eigenvalue weighted by molar-refractivity contribution is 5.97. The molecule has 0 aromatic heterocycles. The van der Waals surface area contributed by atoms with Crippen molar-refractivity contribution < 1.29 is 29.0 Å². The molecule has 0 unspecified atom stereocenters. The van der Waals surface area contributed by atoms with Gasteiger partial charge in [0, 0.05) is 23.7 Å². The topological polar surface area (TPSA) is 114 Å². The first-order valence-corrected chi connectivity index (χ1v) is 11.7. The maximum Gasteiger partial charge on any atom is 0.408 e. The van der Waals surface area contributed by atoms with Crippen molar-refractivity contribution >= 4 is 18.0 Å². The Morgan fingerprint density at radius 3 is 2.37 bits per heavy atom. The number of aliphatic hydroxyl groups excluding tert-OH is 1. The van der Waals surface area contributed by atoms with Crippen LogP contribution < -0.4 is 10.6 Å². The summed E-state index contributed by atoms with van der Waals surface area (Å²) < 4.78 is 10.3. The van der Waals surface area contributed by atoms with E-state index in [4.69, 9.17) is 14.6 Å². The molecular weight excluding hydrogens is 448 g/mol. The number of nitrogens with one attached hydrogen (secondary N) is 2. The summed E-state index contributed by atoms with van der Waals surface area (Å²) in [4.78, 5) is 38.0. The monoisotopic (exact) mass is 480 g/mol. The Kier molecular flexibility index (Phi) is 8.09. The first kappa shape index (κ1) is 26.1. The van der Waals surface area contributed by atoms with E-state index < -0.39 is 35.2 Å². The van der Waals surface area contributed by atoms with Gasteiger partial charge in [-0.25, -0.2) is 9.59 Å². The van der Waals surface area contributed by atoms with E-state index in [1.54, 1.807) is 45.0 Å². The molecular formula is C27H32N2O6. The highest BCUT2D eigenvalue weighted by Crippen LogP contribution is 2.37. The molecule has 2 amide bonds. The molecule has 0 saturated heterocycles. The zero-order chi connectivity index (χ0) is 25.6. The molecule has 3 N–H and O–H groups in total. The largest absolute Gasteiger partial charge is 0.467 e. The quantitative estimate of drug-likeness (QED) is 0.426. The molecule has 3 rings (SSSR count). The van der Waals surface area contributed by atoms with Crippen LogP contribution in [0.5, 0.6) is 0 Å². The van der Waals surface area contributed by atoms with Gasteiger partial charge in [0.2, 0.25) is 0 Å². The third-order valence-electron chi connectivity index (χ3n) is 6.09. The van der Waals surface area contributed by atoms with E-state index in [9.17, 15) is 14.4 Å². The molecule has 0 aliphatic heterocycles. The fourth-order valence-electron chi connectivity index (χ4n) is 3.87. The number of alkyl carbamates (subject to hydrolysis) is 1. The highest BCUT2D eigenvalue weighted by atomic mass is 16.6. The van der Waals surface area contributed by atoms with Gasteiger partial charge in [-0.1, -0.05) is 11.8 Å². The van der Waals surface area contributed by atoms with Gasteiger partial charge >= 0.3 is 12.1 Å². The SMILES string of the molecule is COC(=O)[C@@H](NC(=O)c1ccc(C#CC#C[C@@H]2C[C@H]2CO)cc1)C1(NC(=O)OC(C)(C)C)CCC1. The summed E-state index contributed by atoms with van der Waals surface area (Å²) >= 11 is 0. The Bertz CT molecular complexity index is 1080. The van der Waals surface area contributed by atoms with Crippen molar-refractivity contribution in [2.75, 3.05) is 13.7 Å². The summed E-state index contributed by atoms with van der Waals surface area (Å²) in [7, 11) is 1.24. The van der Waals surface area contributed by atoms with Crippen molar-refractivity contribution in [3.63, 3.8) is 0 Å². The number of hydrogen-bond acceptors (Lipinski definition) is 6. The smallest absolute Gasteiger partial charge is 0.408 e. The normalized spacial score (nSPS) is 20.4. The first-order valence-electron chi connectivity index (χ1n) is 11.7. The Balaban J connectivity index is 1.67. The number of amides is 2. The number of benzene rings is 1. The number of methoxy groups -OCH3 is 1. The van der Waals surface area contributed by atoms with Crippen LogP contribution in [0.15, 0.2) is 24.3 Å². The van der Waals surface area contributed by atoms with Gasteiger partial charge in [-0.05, 0) is 88.5 Å². The molecule has 2 saturated carbocycles. The van der Waals surface area contributed by atoms with Crippen LogP contribution in [0.3, 0.4) is 0 Å². The Morgan fingerprint density at radius 2 is 1.86 bits per heavy atom. The molecule has 1 aromatic rings. The summed E-state index contributed by atoms with van der Waals surface area (Å²) in [6.07, 6.45) is 2.05. The number of carbonyl (C=O) groups excluding carboxylic acids is 3. The van der Waals surface area contributed by atoms with Crippen molar-refractivity contribution in [2.45, 2.75) is 63.6 Å². The van der Waals surface area contributed by atoms with Crippen molar-refractivity contribution in [2.24, 2.45) is 11.8 Å². The van der Waals surface area contributed by atoms with Crippen LogP contribution in [0, 0.1) is 35.5 Å². The van der Waals surface area contributed by atoms with Crippen LogP contribution in [-0.4, -0.2) is 54.0 Å². The van der Waals surface area contributed by atoms with Gasteiger partial charge in [0.15, 0.2) is 6.04 Å². The van der Waals surface area contributed by atoms with Crippen LogP contribution in [0.2, 0.25) is 0 Å². The van der Waals surface area contributed by atoms with Gasteiger partial charge in [0.05, 0.1) is 12.6 Å². The lowest BCUT2D eigenvalue weighted by Gasteiger charge is -2.46. The Labute approximate surface area is 206 Å². The summed E-state index contributed by atoms with van der Waals surface area (Å²) in [5.41, 5.74) is -0.649. The standard InChI is InChI=1S/C27H32N2O6/c1-26(2,3)35-25(33)29-27(14-7-15-27)22(24(32)34-4)28-23(31)19-12-10-18(11-13-19)8-5-6-9-20-16-21(20)17-30/h10-13,20-22,30H,7,14-17H2,1-4H3,(H,28,31)(H,29,33)/t20-,21+,22-/m1/s1. The molecule has 2 aliphatic carbocycles. The van der Waals surface area contributed by atoms with Gasteiger partial charge in [0.25, 0.3) is 5.91 Å². The molecule has 0 heterocycles. The molecule has 8 nitrogen and oxygen atoms in total. The number of aliphatic hydroxyl groups is 1.